The number of fused-ring (bicyclic) bond motifs is 1. The number of benzene rings is 3. The zero-order valence-electron chi connectivity index (χ0n) is 16.6. The summed E-state index contributed by atoms with van der Waals surface area (Å²) in [5.74, 6) is -0.835. The maximum absolute atomic E-state index is 14.0. The largest absolute Gasteiger partial charge is 0.343 e. The predicted octanol–water partition coefficient (Wildman–Crippen LogP) is 5.21. The molecule has 0 bridgehead atoms. The highest BCUT2D eigenvalue weighted by Crippen LogP contribution is 2.23. The van der Waals surface area contributed by atoms with Crippen LogP contribution in [0, 0.1) is 5.82 Å². The van der Waals surface area contributed by atoms with Crippen LogP contribution in [0.3, 0.4) is 0 Å². The van der Waals surface area contributed by atoms with Crippen LogP contribution in [0.15, 0.2) is 91.6 Å². The van der Waals surface area contributed by atoms with Gasteiger partial charge in [-0.1, -0.05) is 30.8 Å². The van der Waals surface area contributed by atoms with Gasteiger partial charge in [0.25, 0.3) is 5.91 Å². The summed E-state index contributed by atoms with van der Waals surface area (Å²) in [5, 5.41) is 6.52. The maximum Gasteiger partial charge on any atom is 0.255 e. The number of carbonyl (C=O) groups is 2. The van der Waals surface area contributed by atoms with Crippen molar-refractivity contribution in [2.45, 2.75) is 6.54 Å². The van der Waals surface area contributed by atoms with Crippen molar-refractivity contribution in [1.82, 2.24) is 4.57 Å². The number of anilines is 2. The Kier molecular flexibility index (Phi) is 5.62. The minimum absolute atomic E-state index is 0.249. The molecule has 3 aromatic carbocycles. The van der Waals surface area contributed by atoms with Crippen molar-refractivity contribution in [2.24, 2.45) is 0 Å². The first kappa shape index (κ1) is 20.1. The first-order chi connectivity index (χ1) is 15.0. The molecule has 1 aromatic heterocycles. The highest BCUT2D eigenvalue weighted by atomic mass is 19.1. The first-order valence-electron chi connectivity index (χ1n) is 9.70. The van der Waals surface area contributed by atoms with Gasteiger partial charge in [-0.2, -0.15) is 0 Å². The predicted molar refractivity (Wildman–Crippen MR) is 121 cm³/mol. The van der Waals surface area contributed by atoms with E-state index < -0.39 is 0 Å². The van der Waals surface area contributed by atoms with Crippen molar-refractivity contribution in [3.8, 4) is 0 Å². The van der Waals surface area contributed by atoms with E-state index in [1.54, 1.807) is 36.4 Å². The Hall–Kier alpha value is -4.19. The topological polar surface area (TPSA) is 63.1 Å². The molecular weight excluding hydrogens is 393 g/mol. The van der Waals surface area contributed by atoms with E-state index in [0.29, 0.717) is 29.0 Å². The van der Waals surface area contributed by atoms with Crippen molar-refractivity contribution >= 4 is 34.1 Å². The number of hydrogen-bond donors (Lipinski definition) is 2. The minimum Gasteiger partial charge on any atom is -0.343 e. The molecule has 0 radical (unpaired) electrons. The van der Waals surface area contributed by atoms with Crippen LogP contribution in [-0.4, -0.2) is 16.4 Å². The van der Waals surface area contributed by atoms with Crippen LogP contribution in [-0.2, 0) is 11.3 Å². The molecule has 0 unspecified atom stereocenters. The number of nitrogens with one attached hydrogen (secondary N) is 2. The van der Waals surface area contributed by atoms with Crippen molar-refractivity contribution in [2.75, 3.05) is 10.6 Å². The number of amides is 2. The summed E-state index contributed by atoms with van der Waals surface area (Å²) in [6.07, 6.45) is 3.08. The molecule has 154 valence electrons. The number of nitrogens with zero attached hydrogens (tertiary/aromatic N) is 1. The Balaban J connectivity index is 1.52. The molecule has 6 heteroatoms. The summed E-state index contributed by atoms with van der Waals surface area (Å²) in [5.41, 5.74) is 3.16. The number of hydrogen-bond acceptors (Lipinski definition) is 2. The van der Waals surface area contributed by atoms with Crippen LogP contribution < -0.4 is 10.6 Å². The van der Waals surface area contributed by atoms with Crippen molar-refractivity contribution in [1.29, 1.82) is 0 Å². The van der Waals surface area contributed by atoms with E-state index in [2.05, 4.69) is 17.2 Å². The Labute approximate surface area is 178 Å². The van der Waals surface area contributed by atoms with E-state index in [0.717, 1.165) is 10.9 Å². The van der Waals surface area contributed by atoms with Gasteiger partial charge in [0.15, 0.2) is 0 Å². The average Bonchev–Trinajstić information content (AvgIpc) is 3.17. The SMILES string of the molecule is C=CC(=O)Nc1ccc(C(=O)Nc2ccc3ccn(Cc4ccccc4F)c3c2)cc1. The summed E-state index contributed by atoms with van der Waals surface area (Å²) in [6, 6.07) is 20.8. The quantitative estimate of drug-likeness (QED) is 0.427. The number of aromatic nitrogens is 1. The molecule has 0 spiro atoms. The minimum atomic E-state index is -0.316. The molecule has 0 fully saturated rings. The van der Waals surface area contributed by atoms with Gasteiger partial charge in [0.05, 0.1) is 12.1 Å². The van der Waals surface area contributed by atoms with E-state index >= 15 is 0 Å². The molecule has 4 rings (SSSR count). The lowest BCUT2D eigenvalue weighted by atomic mass is 10.1. The standard InChI is InChI=1S/C25H20FN3O2/c1-2-24(30)27-20-10-8-18(9-11-20)25(31)28-21-12-7-17-13-14-29(23(17)15-21)16-19-5-3-4-6-22(19)26/h2-15H,1,16H2,(H,27,30)(H,28,31). The first-order valence-corrected chi connectivity index (χ1v) is 9.70. The molecule has 0 aliphatic carbocycles. The molecule has 5 nitrogen and oxygen atoms in total. The fourth-order valence-corrected chi connectivity index (χ4v) is 3.31. The monoisotopic (exact) mass is 413 g/mol. The van der Waals surface area contributed by atoms with Gasteiger partial charge in [-0.3, -0.25) is 9.59 Å². The number of rotatable bonds is 6. The molecule has 0 atom stereocenters. The maximum atomic E-state index is 14.0. The lowest BCUT2D eigenvalue weighted by Crippen LogP contribution is -2.12. The highest BCUT2D eigenvalue weighted by molar-refractivity contribution is 6.05. The third kappa shape index (κ3) is 4.53. The lowest BCUT2D eigenvalue weighted by Gasteiger charge is -2.10. The molecule has 0 saturated heterocycles. The van der Waals surface area contributed by atoms with Gasteiger partial charge >= 0.3 is 0 Å². The van der Waals surface area contributed by atoms with Crippen LogP contribution >= 0.6 is 0 Å². The Bertz CT molecular complexity index is 1280. The summed E-state index contributed by atoms with van der Waals surface area (Å²) < 4.78 is 16.0. The van der Waals surface area contributed by atoms with Crippen molar-refractivity contribution < 1.29 is 14.0 Å². The third-order valence-electron chi connectivity index (χ3n) is 4.93. The second-order valence-corrected chi connectivity index (χ2v) is 7.03. The third-order valence-corrected chi connectivity index (χ3v) is 4.93. The van der Waals surface area contributed by atoms with Crippen molar-refractivity contribution in [3.05, 3.63) is 109 Å². The smallest absolute Gasteiger partial charge is 0.255 e. The lowest BCUT2D eigenvalue weighted by molar-refractivity contribution is -0.111. The van der Waals surface area contributed by atoms with Gasteiger partial charge in [0, 0.05) is 28.7 Å². The zero-order chi connectivity index (χ0) is 21.8. The van der Waals surface area contributed by atoms with Gasteiger partial charge in [-0.25, -0.2) is 4.39 Å². The van der Waals surface area contributed by atoms with E-state index in [-0.39, 0.29) is 17.6 Å². The van der Waals surface area contributed by atoms with E-state index in [1.165, 1.54) is 12.1 Å². The Morgan fingerprint density at radius 1 is 0.935 bits per heavy atom. The van der Waals surface area contributed by atoms with Gasteiger partial charge in [0.1, 0.15) is 5.82 Å². The fourth-order valence-electron chi connectivity index (χ4n) is 3.31. The van der Waals surface area contributed by atoms with Crippen LogP contribution in [0.5, 0.6) is 0 Å². The molecule has 0 aliphatic rings. The molecule has 2 N–H and O–H groups in total. The molecular formula is C25H20FN3O2. The summed E-state index contributed by atoms with van der Waals surface area (Å²) >= 11 is 0. The normalized spacial score (nSPS) is 10.6. The average molecular weight is 413 g/mol. The molecule has 0 aliphatic heterocycles. The molecule has 4 aromatic rings. The van der Waals surface area contributed by atoms with Crippen LogP contribution in [0.2, 0.25) is 0 Å². The Morgan fingerprint density at radius 2 is 1.68 bits per heavy atom. The van der Waals surface area contributed by atoms with Crippen molar-refractivity contribution in [3.63, 3.8) is 0 Å². The Morgan fingerprint density at radius 3 is 2.42 bits per heavy atom. The van der Waals surface area contributed by atoms with E-state index in [1.807, 2.05) is 41.1 Å². The van der Waals surface area contributed by atoms with Gasteiger partial charge in [0.2, 0.25) is 5.91 Å². The zero-order valence-corrected chi connectivity index (χ0v) is 16.6. The highest BCUT2D eigenvalue weighted by Gasteiger charge is 2.10. The van der Waals surface area contributed by atoms with Gasteiger partial charge in [-0.05, 0) is 60.0 Å². The molecule has 1 heterocycles. The summed E-state index contributed by atoms with van der Waals surface area (Å²) in [7, 11) is 0. The summed E-state index contributed by atoms with van der Waals surface area (Å²) in [6.45, 7) is 3.80. The molecule has 0 saturated carbocycles. The molecule has 31 heavy (non-hydrogen) atoms. The number of carbonyl (C=O) groups excluding carboxylic acids is 2. The summed E-state index contributed by atoms with van der Waals surface area (Å²) in [4.78, 5) is 24.0. The fraction of sp³-hybridized carbons (Fsp3) is 0.0400. The van der Waals surface area contributed by atoms with E-state index in [4.69, 9.17) is 0 Å². The second-order valence-electron chi connectivity index (χ2n) is 7.03. The van der Waals surface area contributed by atoms with Crippen LogP contribution in [0.4, 0.5) is 15.8 Å². The van der Waals surface area contributed by atoms with Gasteiger partial charge in [-0.15, -0.1) is 0 Å². The van der Waals surface area contributed by atoms with Crippen LogP contribution in [0.25, 0.3) is 10.9 Å². The second kappa shape index (κ2) is 8.67. The van der Waals surface area contributed by atoms with Crippen LogP contribution in [0.1, 0.15) is 15.9 Å². The van der Waals surface area contributed by atoms with Gasteiger partial charge < -0.3 is 15.2 Å². The van der Waals surface area contributed by atoms with E-state index in [9.17, 15) is 14.0 Å². The number of halogens is 1. The molecule has 2 amide bonds.